The molecule has 0 fully saturated rings. The van der Waals surface area contributed by atoms with Crippen molar-refractivity contribution in [2.75, 3.05) is 7.11 Å². The number of pyridine rings is 1. The van der Waals surface area contributed by atoms with E-state index < -0.39 is 0 Å². The lowest BCUT2D eigenvalue weighted by Crippen LogP contribution is -1.96. The summed E-state index contributed by atoms with van der Waals surface area (Å²) in [6, 6.07) is 14.4. The van der Waals surface area contributed by atoms with Crippen LogP contribution in [0.1, 0.15) is 21.5 Å². The Balaban J connectivity index is 2.09. The Kier molecular flexibility index (Phi) is 4.13. The number of hydrogen-bond donors (Lipinski definition) is 0. The van der Waals surface area contributed by atoms with E-state index in [-0.39, 0.29) is 5.88 Å². The summed E-state index contributed by atoms with van der Waals surface area (Å²) < 4.78 is 11.0. The molecule has 0 radical (unpaired) electrons. The van der Waals surface area contributed by atoms with Crippen molar-refractivity contribution < 1.29 is 14.3 Å². The molecule has 3 aromatic rings. The Morgan fingerprint density at radius 3 is 2.67 bits per heavy atom. The predicted molar refractivity (Wildman–Crippen MR) is 89.7 cm³/mol. The fourth-order valence-corrected chi connectivity index (χ4v) is 2.36. The van der Waals surface area contributed by atoms with Crippen LogP contribution in [-0.4, -0.2) is 18.4 Å². The number of methoxy groups -OCH3 is 1. The van der Waals surface area contributed by atoms with Crippen LogP contribution in [0.25, 0.3) is 10.9 Å². The van der Waals surface area contributed by atoms with Crippen LogP contribution in [0.2, 0.25) is 0 Å². The number of aromatic nitrogens is 1. The second-order valence-corrected chi connectivity index (χ2v) is 5.28. The minimum absolute atomic E-state index is 0.202. The third kappa shape index (κ3) is 2.90. The van der Waals surface area contributed by atoms with E-state index in [9.17, 15) is 10.1 Å². The molecule has 3 rings (SSSR count). The maximum absolute atomic E-state index is 10.9. The number of ether oxygens (including phenoxy) is 2. The van der Waals surface area contributed by atoms with Crippen molar-refractivity contribution >= 4 is 17.2 Å². The first-order valence-electron chi connectivity index (χ1n) is 7.27. The lowest BCUT2D eigenvalue weighted by molar-refractivity contribution is 0.112. The fraction of sp³-hybridized carbons (Fsp3) is 0.105. The number of rotatable bonds is 4. The molecule has 0 amide bonds. The standard InChI is InChI=1S/C19H14N2O3/c1-12-3-5-14-9-15(10-20)19(21-16(14)7-12)24-17-6-4-13(11-22)8-18(17)23-2/h3-9,11H,1-2H3. The molecule has 0 spiro atoms. The molecule has 118 valence electrons. The van der Waals surface area contributed by atoms with Gasteiger partial charge in [0.2, 0.25) is 5.88 Å². The fourth-order valence-electron chi connectivity index (χ4n) is 2.36. The zero-order chi connectivity index (χ0) is 17.1. The maximum Gasteiger partial charge on any atom is 0.238 e. The quantitative estimate of drug-likeness (QED) is 0.679. The Labute approximate surface area is 139 Å². The summed E-state index contributed by atoms with van der Waals surface area (Å²) in [7, 11) is 1.49. The molecule has 0 saturated carbocycles. The first kappa shape index (κ1) is 15.5. The average molecular weight is 318 g/mol. The molecule has 0 N–H and O–H groups in total. The molecule has 0 unspecified atom stereocenters. The van der Waals surface area contributed by atoms with E-state index in [4.69, 9.17) is 9.47 Å². The van der Waals surface area contributed by atoms with E-state index in [1.54, 1.807) is 24.3 Å². The number of nitrogens with zero attached hydrogens (tertiary/aromatic N) is 2. The molecule has 5 heteroatoms. The van der Waals surface area contributed by atoms with E-state index in [2.05, 4.69) is 11.1 Å². The molecule has 0 aliphatic rings. The second kappa shape index (κ2) is 6.39. The summed E-state index contributed by atoms with van der Waals surface area (Å²) >= 11 is 0. The largest absolute Gasteiger partial charge is 0.493 e. The van der Waals surface area contributed by atoms with Crippen molar-refractivity contribution in [3.63, 3.8) is 0 Å². The zero-order valence-electron chi connectivity index (χ0n) is 13.2. The van der Waals surface area contributed by atoms with Gasteiger partial charge in [0, 0.05) is 10.9 Å². The van der Waals surface area contributed by atoms with Gasteiger partial charge in [-0.2, -0.15) is 5.26 Å². The van der Waals surface area contributed by atoms with Gasteiger partial charge in [-0.15, -0.1) is 0 Å². The van der Waals surface area contributed by atoms with Gasteiger partial charge in [-0.1, -0.05) is 12.1 Å². The van der Waals surface area contributed by atoms with E-state index >= 15 is 0 Å². The normalized spacial score (nSPS) is 10.2. The van der Waals surface area contributed by atoms with Crippen molar-refractivity contribution in [3.8, 4) is 23.4 Å². The van der Waals surface area contributed by atoms with Crippen molar-refractivity contribution in [2.24, 2.45) is 0 Å². The third-order valence-electron chi connectivity index (χ3n) is 3.59. The van der Waals surface area contributed by atoms with Gasteiger partial charge in [-0.25, -0.2) is 4.98 Å². The number of benzene rings is 2. The zero-order valence-corrected chi connectivity index (χ0v) is 13.2. The topological polar surface area (TPSA) is 72.2 Å². The number of carbonyl (C=O) groups excluding carboxylic acids is 1. The van der Waals surface area contributed by atoms with Gasteiger partial charge >= 0.3 is 0 Å². The molecular formula is C19H14N2O3. The highest BCUT2D eigenvalue weighted by Gasteiger charge is 2.13. The number of nitriles is 1. The predicted octanol–water partition coefficient (Wildman–Crippen LogP) is 4.03. The van der Waals surface area contributed by atoms with E-state index in [1.165, 1.54) is 7.11 Å². The van der Waals surface area contributed by atoms with Crippen LogP contribution < -0.4 is 9.47 Å². The summed E-state index contributed by atoms with van der Waals surface area (Å²) in [5.74, 6) is 0.987. The number of fused-ring (bicyclic) bond motifs is 1. The minimum Gasteiger partial charge on any atom is -0.493 e. The highest BCUT2D eigenvalue weighted by atomic mass is 16.5. The van der Waals surface area contributed by atoms with Crippen LogP contribution in [0.5, 0.6) is 17.4 Å². The number of aldehydes is 1. The van der Waals surface area contributed by atoms with Gasteiger partial charge < -0.3 is 9.47 Å². The lowest BCUT2D eigenvalue weighted by atomic mass is 10.1. The van der Waals surface area contributed by atoms with Crippen molar-refractivity contribution in [1.82, 2.24) is 4.98 Å². The summed E-state index contributed by atoms with van der Waals surface area (Å²) in [4.78, 5) is 15.3. The van der Waals surface area contributed by atoms with Gasteiger partial charge in [-0.3, -0.25) is 4.79 Å². The van der Waals surface area contributed by atoms with Crippen LogP contribution in [0.4, 0.5) is 0 Å². The highest BCUT2D eigenvalue weighted by molar-refractivity contribution is 5.82. The molecule has 1 heterocycles. The Morgan fingerprint density at radius 1 is 1.12 bits per heavy atom. The smallest absolute Gasteiger partial charge is 0.238 e. The van der Waals surface area contributed by atoms with Gasteiger partial charge in [0.15, 0.2) is 11.5 Å². The molecule has 0 bridgehead atoms. The van der Waals surface area contributed by atoms with Crippen LogP contribution in [-0.2, 0) is 0 Å². The molecule has 2 aromatic carbocycles. The number of aryl methyl sites for hydroxylation is 1. The Bertz CT molecular complexity index is 974. The van der Waals surface area contributed by atoms with Crippen LogP contribution in [0.15, 0.2) is 42.5 Å². The third-order valence-corrected chi connectivity index (χ3v) is 3.59. The molecule has 0 saturated heterocycles. The lowest BCUT2D eigenvalue weighted by Gasteiger charge is -2.12. The molecule has 0 atom stereocenters. The van der Waals surface area contributed by atoms with Crippen LogP contribution >= 0.6 is 0 Å². The molecule has 1 aromatic heterocycles. The average Bonchev–Trinajstić information content (AvgIpc) is 2.61. The van der Waals surface area contributed by atoms with Crippen LogP contribution in [0, 0.1) is 18.3 Å². The van der Waals surface area contributed by atoms with Gasteiger partial charge in [0.25, 0.3) is 0 Å². The summed E-state index contributed by atoms with van der Waals surface area (Å²) in [6.45, 7) is 1.97. The van der Waals surface area contributed by atoms with Crippen molar-refractivity contribution in [3.05, 3.63) is 59.2 Å². The molecule has 0 aliphatic heterocycles. The molecule has 5 nitrogen and oxygen atoms in total. The van der Waals surface area contributed by atoms with E-state index in [1.807, 2.05) is 25.1 Å². The Hall–Kier alpha value is -3.39. The minimum atomic E-state index is 0.202. The summed E-state index contributed by atoms with van der Waals surface area (Å²) in [5, 5.41) is 10.2. The van der Waals surface area contributed by atoms with E-state index in [0.29, 0.717) is 22.6 Å². The monoisotopic (exact) mass is 318 g/mol. The first-order valence-corrected chi connectivity index (χ1v) is 7.27. The summed E-state index contributed by atoms with van der Waals surface area (Å²) in [6.07, 6.45) is 0.726. The van der Waals surface area contributed by atoms with Crippen molar-refractivity contribution in [1.29, 1.82) is 5.26 Å². The van der Waals surface area contributed by atoms with Gasteiger partial charge in [0.05, 0.1) is 12.6 Å². The SMILES string of the molecule is COc1cc(C=O)ccc1Oc1nc2cc(C)ccc2cc1C#N. The van der Waals surface area contributed by atoms with Crippen molar-refractivity contribution in [2.45, 2.75) is 6.92 Å². The maximum atomic E-state index is 10.9. The first-order chi connectivity index (χ1) is 11.6. The molecular weight excluding hydrogens is 304 g/mol. The number of carbonyl (C=O) groups is 1. The highest BCUT2D eigenvalue weighted by Crippen LogP contribution is 2.33. The van der Waals surface area contributed by atoms with Gasteiger partial charge in [0.1, 0.15) is 17.9 Å². The second-order valence-electron chi connectivity index (χ2n) is 5.28. The van der Waals surface area contributed by atoms with Crippen LogP contribution in [0.3, 0.4) is 0 Å². The Morgan fingerprint density at radius 2 is 1.96 bits per heavy atom. The van der Waals surface area contributed by atoms with E-state index in [0.717, 1.165) is 22.8 Å². The molecule has 24 heavy (non-hydrogen) atoms. The summed E-state index contributed by atoms with van der Waals surface area (Å²) in [5.41, 5.74) is 2.61. The number of hydrogen-bond acceptors (Lipinski definition) is 5. The van der Waals surface area contributed by atoms with Gasteiger partial charge in [-0.05, 0) is 42.8 Å². The molecule has 0 aliphatic carbocycles.